The smallest absolute Gasteiger partial charge is 0.201 e. The number of benzene rings is 1. The molecule has 0 atom stereocenters. The minimum atomic E-state index is -0.589. The van der Waals surface area contributed by atoms with Crippen molar-refractivity contribution in [2.45, 2.75) is 0 Å². The van der Waals surface area contributed by atoms with Gasteiger partial charge in [0, 0.05) is 4.47 Å². The van der Waals surface area contributed by atoms with Crippen molar-refractivity contribution in [1.82, 2.24) is 10.2 Å². The van der Waals surface area contributed by atoms with Crippen molar-refractivity contribution < 1.29 is 9.18 Å². The third-order valence-corrected chi connectivity index (χ3v) is 2.58. The fraction of sp³-hybridized carbons (Fsp3) is 0. The second-order valence-corrected chi connectivity index (χ2v) is 4.07. The molecule has 0 aliphatic heterocycles. The molecule has 0 saturated carbocycles. The highest BCUT2D eigenvalue weighted by Crippen LogP contribution is 2.20. The Balaban J connectivity index is 2.49. The number of carbonyl (C=O) groups is 1. The Bertz CT molecular complexity index is 553. The molecule has 0 unspecified atom stereocenters. The van der Waals surface area contributed by atoms with E-state index in [1.807, 2.05) is 0 Å². The molecular formula is C10H7BrFN3O. The van der Waals surface area contributed by atoms with E-state index in [2.05, 4.69) is 26.1 Å². The third kappa shape index (κ3) is 1.83. The molecule has 0 spiro atoms. The van der Waals surface area contributed by atoms with E-state index in [-0.39, 0.29) is 16.9 Å². The summed E-state index contributed by atoms with van der Waals surface area (Å²) >= 11 is 3.17. The fourth-order valence-corrected chi connectivity index (χ4v) is 1.65. The molecule has 82 valence electrons. The largest absolute Gasteiger partial charge is 0.383 e. The molecule has 0 amide bonds. The first kappa shape index (κ1) is 10.8. The number of hydrogen-bond acceptors (Lipinski definition) is 3. The molecule has 3 N–H and O–H groups in total. The average molecular weight is 284 g/mol. The summed E-state index contributed by atoms with van der Waals surface area (Å²) in [5.74, 6) is -0.955. The Labute approximate surface area is 98.8 Å². The molecular weight excluding hydrogens is 277 g/mol. The molecule has 2 rings (SSSR count). The summed E-state index contributed by atoms with van der Waals surface area (Å²) in [6, 6.07) is 4.14. The summed E-state index contributed by atoms with van der Waals surface area (Å²) in [5, 5.41) is 6.04. The van der Waals surface area contributed by atoms with E-state index in [0.29, 0.717) is 4.47 Å². The summed E-state index contributed by atoms with van der Waals surface area (Å²) in [4.78, 5) is 11.9. The van der Waals surface area contributed by atoms with Crippen LogP contribution in [0.2, 0.25) is 0 Å². The van der Waals surface area contributed by atoms with Crippen LogP contribution in [0.15, 0.2) is 28.9 Å². The Morgan fingerprint density at radius 3 is 2.81 bits per heavy atom. The van der Waals surface area contributed by atoms with E-state index in [4.69, 9.17) is 5.73 Å². The highest BCUT2D eigenvalue weighted by Gasteiger charge is 2.17. The lowest BCUT2D eigenvalue weighted by molar-refractivity contribution is 0.103. The van der Waals surface area contributed by atoms with Crippen LogP contribution in [0.4, 0.5) is 10.2 Å². The van der Waals surface area contributed by atoms with Crippen molar-refractivity contribution in [2.75, 3.05) is 5.73 Å². The van der Waals surface area contributed by atoms with Crippen LogP contribution in [0.5, 0.6) is 0 Å². The maximum atomic E-state index is 13.4. The van der Waals surface area contributed by atoms with E-state index in [9.17, 15) is 9.18 Å². The van der Waals surface area contributed by atoms with Gasteiger partial charge in [0.2, 0.25) is 5.78 Å². The molecule has 0 saturated heterocycles. The van der Waals surface area contributed by atoms with Gasteiger partial charge in [-0.25, -0.2) is 4.39 Å². The Morgan fingerprint density at radius 1 is 1.44 bits per heavy atom. The van der Waals surface area contributed by atoms with Crippen LogP contribution in [0.25, 0.3) is 0 Å². The minimum Gasteiger partial charge on any atom is -0.383 e. The van der Waals surface area contributed by atoms with Gasteiger partial charge in [-0.05, 0) is 18.2 Å². The predicted octanol–water partition coefficient (Wildman–Crippen LogP) is 2.12. The van der Waals surface area contributed by atoms with E-state index in [1.54, 1.807) is 0 Å². The van der Waals surface area contributed by atoms with Crippen LogP contribution >= 0.6 is 15.9 Å². The predicted molar refractivity (Wildman–Crippen MR) is 60.5 cm³/mol. The molecule has 0 fully saturated rings. The second-order valence-electron chi connectivity index (χ2n) is 3.15. The number of hydrogen-bond donors (Lipinski definition) is 2. The zero-order chi connectivity index (χ0) is 11.7. The van der Waals surface area contributed by atoms with Crippen LogP contribution in [0.3, 0.4) is 0 Å². The molecule has 4 nitrogen and oxygen atoms in total. The maximum absolute atomic E-state index is 13.4. The number of rotatable bonds is 2. The first-order valence-corrected chi connectivity index (χ1v) is 5.17. The van der Waals surface area contributed by atoms with Gasteiger partial charge in [0.1, 0.15) is 11.6 Å². The zero-order valence-electron chi connectivity index (χ0n) is 8.00. The van der Waals surface area contributed by atoms with Gasteiger partial charge in [0.05, 0.1) is 17.3 Å². The van der Waals surface area contributed by atoms with Gasteiger partial charge in [-0.1, -0.05) is 15.9 Å². The average Bonchev–Trinajstić information content (AvgIpc) is 2.67. The van der Waals surface area contributed by atoms with E-state index in [0.717, 1.165) is 0 Å². The first-order chi connectivity index (χ1) is 7.59. The number of halogens is 2. The maximum Gasteiger partial charge on any atom is 0.201 e. The molecule has 2 aromatic rings. The van der Waals surface area contributed by atoms with Crippen molar-refractivity contribution in [3.05, 3.63) is 45.8 Å². The third-order valence-electron chi connectivity index (χ3n) is 2.09. The second kappa shape index (κ2) is 4.05. The number of anilines is 1. The fourth-order valence-electron chi connectivity index (χ4n) is 1.29. The van der Waals surface area contributed by atoms with Gasteiger partial charge in [0.25, 0.3) is 0 Å². The summed E-state index contributed by atoms with van der Waals surface area (Å²) in [6.45, 7) is 0. The first-order valence-electron chi connectivity index (χ1n) is 4.38. The van der Waals surface area contributed by atoms with Gasteiger partial charge in [-0.3, -0.25) is 9.89 Å². The van der Waals surface area contributed by atoms with Crippen molar-refractivity contribution in [2.24, 2.45) is 0 Å². The number of carbonyl (C=O) groups excluding carboxylic acids is 1. The van der Waals surface area contributed by atoms with Crippen molar-refractivity contribution in [3.8, 4) is 0 Å². The summed E-state index contributed by atoms with van der Waals surface area (Å²) in [7, 11) is 0. The molecule has 1 aromatic heterocycles. The van der Waals surface area contributed by atoms with Crippen LogP contribution in [-0.4, -0.2) is 16.0 Å². The lowest BCUT2D eigenvalue weighted by Gasteiger charge is -2.01. The molecule has 16 heavy (non-hydrogen) atoms. The Kier molecular flexibility index (Phi) is 2.74. The van der Waals surface area contributed by atoms with E-state index >= 15 is 0 Å². The van der Waals surface area contributed by atoms with Gasteiger partial charge in [-0.15, -0.1) is 0 Å². The summed E-state index contributed by atoms with van der Waals surface area (Å²) < 4.78 is 14.1. The number of H-pyrrole nitrogens is 1. The number of ketones is 1. The van der Waals surface area contributed by atoms with E-state index < -0.39 is 11.6 Å². The quantitative estimate of drug-likeness (QED) is 0.830. The topological polar surface area (TPSA) is 71.8 Å². The lowest BCUT2D eigenvalue weighted by atomic mass is 10.1. The van der Waals surface area contributed by atoms with E-state index in [1.165, 1.54) is 24.4 Å². The number of aromatic nitrogens is 2. The standard InChI is InChI=1S/C10H7BrFN3O/c11-5-1-2-8(12)6(3-5)9(16)7-4-14-15-10(7)13/h1-4H,(H3,13,14,15). The van der Waals surface area contributed by atoms with Gasteiger partial charge >= 0.3 is 0 Å². The SMILES string of the molecule is Nc1[nH]ncc1C(=O)c1cc(Br)ccc1F. The van der Waals surface area contributed by atoms with Gasteiger partial charge in [0.15, 0.2) is 0 Å². The number of aromatic amines is 1. The van der Waals surface area contributed by atoms with Crippen LogP contribution in [0, 0.1) is 5.82 Å². The molecule has 0 aliphatic rings. The number of nitrogens with two attached hydrogens (primary N) is 1. The summed E-state index contributed by atoms with van der Waals surface area (Å²) in [6.07, 6.45) is 1.28. The summed E-state index contributed by atoms with van der Waals surface area (Å²) in [5.41, 5.74) is 5.62. The highest BCUT2D eigenvalue weighted by molar-refractivity contribution is 9.10. The molecule has 1 heterocycles. The number of nitrogens with zero attached hydrogens (tertiary/aromatic N) is 1. The zero-order valence-corrected chi connectivity index (χ0v) is 9.58. The monoisotopic (exact) mass is 283 g/mol. The van der Waals surface area contributed by atoms with Crippen LogP contribution in [0.1, 0.15) is 15.9 Å². The van der Waals surface area contributed by atoms with Crippen LogP contribution < -0.4 is 5.73 Å². The highest BCUT2D eigenvalue weighted by atomic mass is 79.9. The Hall–Kier alpha value is -1.69. The normalized spacial score (nSPS) is 10.4. The molecule has 1 aromatic carbocycles. The number of nitrogen functional groups attached to an aromatic ring is 1. The van der Waals surface area contributed by atoms with Crippen molar-refractivity contribution in [1.29, 1.82) is 0 Å². The lowest BCUT2D eigenvalue weighted by Crippen LogP contribution is -2.06. The molecule has 0 radical (unpaired) electrons. The van der Waals surface area contributed by atoms with Gasteiger partial charge < -0.3 is 5.73 Å². The number of nitrogens with one attached hydrogen (secondary N) is 1. The van der Waals surface area contributed by atoms with Crippen molar-refractivity contribution >= 4 is 27.5 Å². The molecule has 0 aliphatic carbocycles. The Morgan fingerprint density at radius 2 is 2.19 bits per heavy atom. The molecule has 0 bridgehead atoms. The molecule has 6 heteroatoms. The van der Waals surface area contributed by atoms with Crippen molar-refractivity contribution in [3.63, 3.8) is 0 Å². The minimum absolute atomic E-state index is 0.0394. The van der Waals surface area contributed by atoms with Gasteiger partial charge in [-0.2, -0.15) is 5.10 Å². The van der Waals surface area contributed by atoms with Crippen LogP contribution in [-0.2, 0) is 0 Å².